The molecule has 9 nitrogen and oxygen atoms in total. The molecule has 2 aliphatic heterocycles. The van der Waals surface area contributed by atoms with E-state index in [0.29, 0.717) is 65.8 Å². The lowest BCUT2D eigenvalue weighted by molar-refractivity contribution is -0.142. The SMILES string of the molecule is C=C(/C=N\C(OCC)=C(/C)OC)c1cc(C)c2c(n1)C1(CCCO1)N(c1cnn(CC(F)(F)F)c1)C2=O. The van der Waals surface area contributed by atoms with E-state index in [2.05, 4.69) is 16.7 Å². The molecule has 1 amide bonds. The summed E-state index contributed by atoms with van der Waals surface area (Å²) in [4.78, 5) is 24.1. The third-order valence-electron chi connectivity index (χ3n) is 6.14. The average molecular weight is 520 g/mol. The highest BCUT2D eigenvalue weighted by Gasteiger charge is 2.56. The molecule has 0 N–H and O–H groups in total. The number of methoxy groups -OCH3 is 1. The molecule has 0 saturated carbocycles. The van der Waals surface area contributed by atoms with Gasteiger partial charge in [-0.1, -0.05) is 6.58 Å². The second-order valence-corrected chi connectivity index (χ2v) is 8.72. The van der Waals surface area contributed by atoms with Crippen LogP contribution >= 0.6 is 0 Å². The molecule has 2 aliphatic rings. The van der Waals surface area contributed by atoms with E-state index in [-0.39, 0.29) is 5.69 Å². The molecular formula is C25H28F3N5O4. The van der Waals surface area contributed by atoms with Crippen LogP contribution in [0.15, 0.2) is 41.7 Å². The van der Waals surface area contributed by atoms with E-state index < -0.39 is 24.4 Å². The molecular weight excluding hydrogens is 491 g/mol. The summed E-state index contributed by atoms with van der Waals surface area (Å²) in [7, 11) is 1.51. The molecule has 4 rings (SSSR count). The zero-order chi connectivity index (χ0) is 27.0. The Morgan fingerprint density at radius 2 is 2.16 bits per heavy atom. The van der Waals surface area contributed by atoms with E-state index in [1.807, 2.05) is 6.92 Å². The van der Waals surface area contributed by atoms with Gasteiger partial charge in [-0.3, -0.25) is 14.4 Å². The van der Waals surface area contributed by atoms with Gasteiger partial charge in [-0.15, -0.1) is 0 Å². The zero-order valence-corrected chi connectivity index (χ0v) is 21.1. The van der Waals surface area contributed by atoms with E-state index in [9.17, 15) is 18.0 Å². The number of aryl methyl sites for hydroxylation is 1. The van der Waals surface area contributed by atoms with Gasteiger partial charge in [-0.25, -0.2) is 9.98 Å². The number of hydrogen-bond acceptors (Lipinski definition) is 7. The summed E-state index contributed by atoms with van der Waals surface area (Å²) < 4.78 is 56.3. The Hall–Kier alpha value is -3.67. The molecule has 4 heterocycles. The lowest BCUT2D eigenvalue weighted by Crippen LogP contribution is -2.44. The molecule has 0 radical (unpaired) electrons. The maximum Gasteiger partial charge on any atom is 0.408 e. The van der Waals surface area contributed by atoms with Crippen LogP contribution < -0.4 is 4.90 Å². The number of aromatic nitrogens is 3. The van der Waals surface area contributed by atoms with Crippen molar-refractivity contribution < 1.29 is 32.2 Å². The summed E-state index contributed by atoms with van der Waals surface area (Å²) in [5, 5.41) is 3.81. The summed E-state index contributed by atoms with van der Waals surface area (Å²) in [5.41, 5.74) is 1.28. The van der Waals surface area contributed by atoms with Crippen molar-refractivity contribution in [3.63, 3.8) is 0 Å². The van der Waals surface area contributed by atoms with Crippen LogP contribution in [0.3, 0.4) is 0 Å². The highest BCUT2D eigenvalue weighted by atomic mass is 19.4. The van der Waals surface area contributed by atoms with E-state index in [1.165, 1.54) is 30.6 Å². The Labute approximate surface area is 212 Å². The van der Waals surface area contributed by atoms with Crippen LogP contribution in [0.4, 0.5) is 18.9 Å². The number of carbonyl (C=O) groups excluding carboxylic acids is 1. The number of carbonyl (C=O) groups is 1. The first-order valence-electron chi connectivity index (χ1n) is 11.7. The molecule has 0 aromatic carbocycles. The fourth-order valence-electron chi connectivity index (χ4n) is 4.48. The zero-order valence-electron chi connectivity index (χ0n) is 21.1. The lowest BCUT2D eigenvalue weighted by atomic mass is 9.99. The first kappa shape index (κ1) is 26.4. The van der Waals surface area contributed by atoms with Crippen LogP contribution in [-0.2, 0) is 26.5 Å². The van der Waals surface area contributed by atoms with E-state index in [0.717, 1.165) is 4.68 Å². The van der Waals surface area contributed by atoms with Crippen LogP contribution in [-0.4, -0.2) is 53.4 Å². The second kappa shape index (κ2) is 10.0. The molecule has 198 valence electrons. The minimum atomic E-state index is -4.45. The number of hydrogen-bond donors (Lipinski definition) is 0. The van der Waals surface area contributed by atoms with Crippen LogP contribution in [0, 0.1) is 6.92 Å². The minimum Gasteiger partial charge on any atom is -0.496 e. The quantitative estimate of drug-likeness (QED) is 0.370. The number of ether oxygens (including phenoxy) is 3. The maximum absolute atomic E-state index is 13.6. The van der Waals surface area contributed by atoms with Crippen LogP contribution in [0.25, 0.3) is 5.57 Å². The Bertz CT molecular complexity index is 1280. The van der Waals surface area contributed by atoms with Crippen molar-refractivity contribution in [1.29, 1.82) is 0 Å². The van der Waals surface area contributed by atoms with Crippen molar-refractivity contribution >= 4 is 23.4 Å². The summed E-state index contributed by atoms with van der Waals surface area (Å²) in [5.74, 6) is 0.392. The van der Waals surface area contributed by atoms with E-state index in [4.69, 9.17) is 19.2 Å². The van der Waals surface area contributed by atoms with Gasteiger partial charge in [0.2, 0.25) is 0 Å². The molecule has 37 heavy (non-hydrogen) atoms. The summed E-state index contributed by atoms with van der Waals surface area (Å²) in [6, 6.07) is 1.72. The van der Waals surface area contributed by atoms with Gasteiger partial charge in [0, 0.05) is 24.4 Å². The van der Waals surface area contributed by atoms with Gasteiger partial charge < -0.3 is 14.2 Å². The van der Waals surface area contributed by atoms with Gasteiger partial charge >= 0.3 is 6.18 Å². The van der Waals surface area contributed by atoms with E-state index >= 15 is 0 Å². The van der Waals surface area contributed by atoms with Crippen LogP contribution in [0.5, 0.6) is 0 Å². The first-order valence-corrected chi connectivity index (χ1v) is 11.7. The molecule has 0 aliphatic carbocycles. The molecule has 2 aromatic rings. The van der Waals surface area contributed by atoms with Gasteiger partial charge in [0.25, 0.3) is 11.8 Å². The van der Waals surface area contributed by atoms with Gasteiger partial charge in [0.15, 0.2) is 11.5 Å². The predicted molar refractivity (Wildman–Crippen MR) is 130 cm³/mol. The Kier molecular flexibility index (Phi) is 7.13. The highest BCUT2D eigenvalue weighted by molar-refractivity contribution is 6.13. The van der Waals surface area contributed by atoms with Gasteiger partial charge in [0.1, 0.15) is 12.2 Å². The molecule has 0 bridgehead atoms. The Balaban J connectivity index is 1.73. The maximum atomic E-state index is 13.6. The average Bonchev–Trinajstić information content (AvgIpc) is 3.55. The molecule has 1 atom stereocenters. The Morgan fingerprint density at radius 1 is 1.41 bits per heavy atom. The predicted octanol–water partition coefficient (Wildman–Crippen LogP) is 4.73. The molecule has 1 fully saturated rings. The first-order chi connectivity index (χ1) is 17.5. The third-order valence-corrected chi connectivity index (χ3v) is 6.14. The Morgan fingerprint density at radius 3 is 2.78 bits per heavy atom. The number of amides is 1. The number of anilines is 1. The molecule has 12 heteroatoms. The smallest absolute Gasteiger partial charge is 0.408 e. The van der Waals surface area contributed by atoms with Crippen molar-refractivity contribution in [2.45, 2.75) is 52.1 Å². The number of pyridine rings is 1. The van der Waals surface area contributed by atoms with E-state index in [1.54, 1.807) is 19.9 Å². The molecule has 2 aromatic heterocycles. The van der Waals surface area contributed by atoms with Crippen molar-refractivity contribution in [2.24, 2.45) is 4.99 Å². The molecule has 1 spiro atoms. The summed E-state index contributed by atoms with van der Waals surface area (Å²) >= 11 is 0. The van der Waals surface area contributed by atoms with Crippen molar-refractivity contribution in [3.8, 4) is 0 Å². The highest BCUT2D eigenvalue weighted by Crippen LogP contribution is 2.49. The monoisotopic (exact) mass is 519 g/mol. The van der Waals surface area contributed by atoms with Crippen molar-refractivity contribution in [2.75, 3.05) is 25.2 Å². The number of rotatable bonds is 8. The largest absolute Gasteiger partial charge is 0.496 e. The summed E-state index contributed by atoms with van der Waals surface area (Å²) in [6.45, 7) is 8.89. The van der Waals surface area contributed by atoms with Gasteiger partial charge in [-0.05, 0) is 38.8 Å². The van der Waals surface area contributed by atoms with Gasteiger partial charge in [0.05, 0.1) is 43.5 Å². The minimum absolute atomic E-state index is 0.206. The van der Waals surface area contributed by atoms with Crippen molar-refractivity contribution in [3.05, 3.63) is 59.2 Å². The lowest BCUT2D eigenvalue weighted by Gasteiger charge is -2.33. The fourth-order valence-corrected chi connectivity index (χ4v) is 4.48. The number of alkyl halides is 3. The number of allylic oxidation sites excluding steroid dienone is 2. The fraction of sp³-hybridized carbons (Fsp3) is 0.440. The van der Waals surface area contributed by atoms with Gasteiger partial charge in [-0.2, -0.15) is 18.3 Å². The number of nitrogens with zero attached hydrogens (tertiary/aromatic N) is 5. The number of halogens is 3. The van der Waals surface area contributed by atoms with Crippen LogP contribution in [0.2, 0.25) is 0 Å². The standard InChI is InChI=1S/C25H28F3N5O4/c1-6-36-22(17(4)35-5)29-11-16(3)19-10-15(2)20-21(31-19)24(8-7-9-37-24)33(23(20)34)18-12-30-32(13-18)14-25(26,27)28/h10-13H,3,6-9,14H2,1-2,4-5H3/b22-17-,29-11-. The number of fused-ring (bicyclic) bond motifs is 2. The van der Waals surface area contributed by atoms with Crippen LogP contribution in [0.1, 0.15) is 54.0 Å². The third kappa shape index (κ3) is 4.97. The normalized spacial score (nSPS) is 20.1. The number of aliphatic imine (C=N–C) groups is 1. The summed E-state index contributed by atoms with van der Waals surface area (Å²) in [6.07, 6.45) is 0.558. The van der Waals surface area contributed by atoms with Crippen molar-refractivity contribution in [1.82, 2.24) is 14.8 Å². The molecule has 1 saturated heterocycles. The topological polar surface area (TPSA) is 91.1 Å². The second-order valence-electron chi connectivity index (χ2n) is 8.72. The molecule has 1 unspecified atom stereocenters.